The zero-order valence-electron chi connectivity index (χ0n) is 24.0. The second kappa shape index (κ2) is 11.5. The van der Waals surface area contributed by atoms with Crippen molar-refractivity contribution in [3.8, 4) is 11.4 Å². The number of rotatable bonds is 7. The lowest BCUT2D eigenvalue weighted by atomic mass is 10.1. The third kappa shape index (κ3) is 6.88. The van der Waals surface area contributed by atoms with Crippen LogP contribution in [0.15, 0.2) is 71.1 Å². The molecule has 0 atom stereocenters. The smallest absolute Gasteiger partial charge is 0.435 e. The molecule has 5 rings (SSSR count). The first-order valence-electron chi connectivity index (χ1n) is 13.3. The van der Waals surface area contributed by atoms with Crippen LogP contribution in [0, 0.1) is 12.7 Å². The molecule has 2 heterocycles. The molecule has 0 unspecified atom stereocenters. The van der Waals surface area contributed by atoms with Crippen LogP contribution in [0.1, 0.15) is 58.8 Å². The molecule has 9 nitrogen and oxygen atoms in total. The molecule has 0 bridgehead atoms. The molecule has 3 aromatic carbocycles. The Morgan fingerprint density at radius 3 is 2.39 bits per heavy atom. The van der Waals surface area contributed by atoms with Gasteiger partial charge >= 0.3 is 12.1 Å². The molecule has 0 aliphatic heterocycles. The van der Waals surface area contributed by atoms with Crippen LogP contribution >= 0.6 is 0 Å². The summed E-state index contributed by atoms with van der Waals surface area (Å²) in [7, 11) is 0. The lowest BCUT2D eigenvalue weighted by Crippen LogP contribution is -2.23. The van der Waals surface area contributed by atoms with Crippen molar-refractivity contribution in [2.45, 2.75) is 46.1 Å². The quantitative estimate of drug-likeness (QED) is 0.153. The third-order valence-corrected chi connectivity index (χ3v) is 6.13. The third-order valence-electron chi connectivity index (χ3n) is 6.13. The summed E-state index contributed by atoms with van der Waals surface area (Å²) in [6.07, 6.45) is -4.75. The fourth-order valence-corrected chi connectivity index (χ4v) is 4.20. The molecule has 0 aliphatic rings. The molecule has 0 aliphatic carbocycles. The molecule has 1 amide bonds. The summed E-state index contributed by atoms with van der Waals surface area (Å²) in [5.74, 6) is -1.38. The number of aromatic nitrogens is 3. The van der Waals surface area contributed by atoms with Crippen molar-refractivity contribution in [2.75, 3.05) is 5.32 Å². The van der Waals surface area contributed by atoms with Gasteiger partial charge in [0.2, 0.25) is 0 Å². The predicted molar refractivity (Wildman–Crippen MR) is 151 cm³/mol. The maximum Gasteiger partial charge on any atom is 0.435 e. The first kappa shape index (κ1) is 30.3. The second-order valence-corrected chi connectivity index (χ2v) is 10.8. The largest absolute Gasteiger partial charge is 0.487 e. The number of hydrogen-bond donors (Lipinski definition) is 1. The molecule has 0 spiro atoms. The van der Waals surface area contributed by atoms with E-state index < -0.39 is 35.2 Å². The van der Waals surface area contributed by atoms with Crippen LogP contribution in [0.25, 0.3) is 16.8 Å². The van der Waals surface area contributed by atoms with Crippen molar-refractivity contribution >= 4 is 28.7 Å². The molecule has 2 aromatic heterocycles. The van der Waals surface area contributed by atoms with Gasteiger partial charge in [0, 0.05) is 24.6 Å². The minimum Gasteiger partial charge on any atom is -0.487 e. The fourth-order valence-electron chi connectivity index (χ4n) is 4.20. The lowest BCUT2D eigenvalue weighted by Gasteiger charge is -2.19. The van der Waals surface area contributed by atoms with E-state index in [0.29, 0.717) is 5.89 Å². The van der Waals surface area contributed by atoms with Crippen molar-refractivity contribution in [1.82, 2.24) is 14.8 Å². The summed E-state index contributed by atoms with van der Waals surface area (Å²) < 4.78 is 72.9. The van der Waals surface area contributed by atoms with Crippen molar-refractivity contribution in [3.63, 3.8) is 0 Å². The zero-order valence-corrected chi connectivity index (χ0v) is 24.0. The van der Waals surface area contributed by atoms with E-state index in [1.807, 2.05) is 0 Å². The van der Waals surface area contributed by atoms with Gasteiger partial charge in [-0.3, -0.25) is 4.79 Å². The molecule has 0 saturated heterocycles. The molecule has 0 saturated carbocycles. The predicted octanol–water partition coefficient (Wildman–Crippen LogP) is 7.27. The van der Waals surface area contributed by atoms with Crippen LogP contribution in [0.5, 0.6) is 5.75 Å². The topological polar surface area (TPSA) is 108 Å². The summed E-state index contributed by atoms with van der Waals surface area (Å²) in [6, 6.07) is 14.9. The van der Waals surface area contributed by atoms with Crippen molar-refractivity contribution in [3.05, 3.63) is 101 Å². The molecule has 1 N–H and O–H groups in total. The number of aryl methyl sites for hydroxylation is 1. The number of oxazole rings is 1. The normalized spacial score (nSPS) is 11.9. The Hall–Kier alpha value is -5.20. The highest BCUT2D eigenvalue weighted by Gasteiger charge is 2.35. The van der Waals surface area contributed by atoms with E-state index in [4.69, 9.17) is 13.9 Å². The van der Waals surface area contributed by atoms with Crippen molar-refractivity contribution < 1.29 is 41.0 Å². The monoisotopic (exact) mass is 610 g/mol. The van der Waals surface area contributed by atoms with E-state index in [-0.39, 0.29) is 51.7 Å². The van der Waals surface area contributed by atoms with E-state index in [2.05, 4.69) is 15.4 Å². The van der Waals surface area contributed by atoms with Crippen LogP contribution in [0.2, 0.25) is 0 Å². The minimum atomic E-state index is -4.75. The highest BCUT2D eigenvalue weighted by molar-refractivity contribution is 6.05. The molecule has 5 aromatic rings. The summed E-state index contributed by atoms with van der Waals surface area (Å²) >= 11 is 0. The van der Waals surface area contributed by atoms with Crippen molar-refractivity contribution in [2.24, 2.45) is 0 Å². The summed E-state index contributed by atoms with van der Waals surface area (Å²) in [6.45, 7) is 6.49. The number of amides is 1. The Balaban J connectivity index is 1.37. The number of benzene rings is 3. The number of carbonyl (C=O) groups excluding carboxylic acids is 2. The zero-order chi connectivity index (χ0) is 31.8. The van der Waals surface area contributed by atoms with E-state index >= 15 is 0 Å². The number of esters is 1. The molecule has 228 valence electrons. The van der Waals surface area contributed by atoms with Gasteiger partial charge in [0.15, 0.2) is 17.2 Å². The number of ether oxygens (including phenoxy) is 2. The van der Waals surface area contributed by atoms with E-state index in [0.717, 1.165) is 16.8 Å². The molecule has 44 heavy (non-hydrogen) atoms. The van der Waals surface area contributed by atoms with E-state index in [1.165, 1.54) is 54.6 Å². The second-order valence-electron chi connectivity index (χ2n) is 10.8. The van der Waals surface area contributed by atoms with Crippen LogP contribution < -0.4 is 10.1 Å². The Bertz CT molecular complexity index is 1850. The minimum absolute atomic E-state index is 0.0308. The fraction of sp³-hybridized carbons (Fsp3) is 0.226. The first-order chi connectivity index (χ1) is 20.7. The summed E-state index contributed by atoms with van der Waals surface area (Å²) in [4.78, 5) is 29.3. The van der Waals surface area contributed by atoms with E-state index in [1.54, 1.807) is 27.7 Å². The van der Waals surface area contributed by atoms with Gasteiger partial charge in [0.05, 0.1) is 22.6 Å². The molecular formula is C31H26F4N4O5. The van der Waals surface area contributed by atoms with Gasteiger partial charge in [-0.15, -0.1) is 0 Å². The van der Waals surface area contributed by atoms with Crippen LogP contribution in [-0.4, -0.2) is 32.2 Å². The number of carbonyl (C=O) groups is 2. The highest BCUT2D eigenvalue weighted by atomic mass is 19.4. The van der Waals surface area contributed by atoms with Gasteiger partial charge in [0.25, 0.3) is 5.91 Å². The van der Waals surface area contributed by atoms with Gasteiger partial charge in [-0.05, 0) is 69.3 Å². The Morgan fingerprint density at radius 2 is 1.70 bits per heavy atom. The molecular weight excluding hydrogens is 584 g/mol. The Kier molecular flexibility index (Phi) is 7.89. The van der Waals surface area contributed by atoms with Gasteiger partial charge in [0.1, 0.15) is 29.3 Å². The van der Waals surface area contributed by atoms with Crippen LogP contribution in [0.4, 0.5) is 23.2 Å². The van der Waals surface area contributed by atoms with Gasteiger partial charge in [-0.2, -0.15) is 18.3 Å². The Morgan fingerprint density at radius 1 is 0.977 bits per heavy atom. The average Bonchev–Trinajstić information content (AvgIpc) is 3.54. The number of fused-ring (bicyclic) bond motifs is 1. The Labute approximate surface area is 248 Å². The maximum atomic E-state index is 14.6. The number of nitrogens with zero attached hydrogens (tertiary/aromatic N) is 3. The van der Waals surface area contributed by atoms with Crippen LogP contribution in [0.3, 0.4) is 0 Å². The molecule has 0 radical (unpaired) electrons. The van der Waals surface area contributed by atoms with Crippen LogP contribution in [-0.2, 0) is 17.5 Å². The van der Waals surface area contributed by atoms with Gasteiger partial charge in [-0.1, -0.05) is 6.07 Å². The average molecular weight is 611 g/mol. The number of nitrogens with one attached hydrogen (secondary N) is 1. The van der Waals surface area contributed by atoms with Gasteiger partial charge < -0.3 is 19.2 Å². The maximum absolute atomic E-state index is 14.6. The first-order valence-corrected chi connectivity index (χ1v) is 13.3. The van der Waals surface area contributed by atoms with Crippen molar-refractivity contribution in [1.29, 1.82) is 0 Å². The molecule has 0 fully saturated rings. The number of hydrogen-bond acceptors (Lipinski definition) is 7. The van der Waals surface area contributed by atoms with E-state index in [9.17, 15) is 27.2 Å². The van der Waals surface area contributed by atoms with Gasteiger partial charge in [-0.25, -0.2) is 18.9 Å². The number of alkyl halides is 3. The summed E-state index contributed by atoms with van der Waals surface area (Å²) in [5, 5.41) is 6.16. The SMILES string of the molecule is Cc1nc2cc(F)c(NC(=O)c3cccc(-n4nc(C(F)(F)F)cc4COc4ccc(C(=O)OC(C)(C)C)cc4)c3)cc2o1. The lowest BCUT2D eigenvalue weighted by molar-refractivity contribution is -0.141. The molecule has 13 heteroatoms. The standard InChI is InChI=1S/C31H26F4N4O5/c1-17-36-25-14-23(32)24(15-26(25)43-17)37-28(40)19-6-5-7-20(12-19)39-21(13-27(38-39)31(33,34)35)16-42-22-10-8-18(9-11-22)29(41)44-30(2,3)4/h5-15H,16H2,1-4H3,(H,37,40). The number of anilines is 1. The number of halogens is 4. The highest BCUT2D eigenvalue weighted by Crippen LogP contribution is 2.31. The summed E-state index contributed by atoms with van der Waals surface area (Å²) in [5.41, 5.74) is -0.969.